The van der Waals surface area contributed by atoms with Gasteiger partial charge in [0.2, 0.25) is 5.91 Å². The van der Waals surface area contributed by atoms with Gasteiger partial charge in [0.1, 0.15) is 0 Å². The smallest absolute Gasteiger partial charge is 0.217 e. The van der Waals surface area contributed by atoms with Crippen molar-refractivity contribution in [2.24, 2.45) is 0 Å². The Morgan fingerprint density at radius 1 is 1.47 bits per heavy atom. The molecule has 0 radical (unpaired) electrons. The maximum atomic E-state index is 11.0. The summed E-state index contributed by atoms with van der Waals surface area (Å²) in [7, 11) is 0. The highest BCUT2D eigenvalue weighted by Crippen LogP contribution is 2.19. The summed E-state index contributed by atoms with van der Waals surface area (Å²) in [5, 5.41) is 2.94. The van der Waals surface area contributed by atoms with Crippen LogP contribution in [-0.2, 0) is 4.79 Å². The number of hydrogen-bond donors (Lipinski definition) is 1. The zero-order valence-electron chi connectivity index (χ0n) is 8.79. The summed E-state index contributed by atoms with van der Waals surface area (Å²) in [6.45, 7) is 1.55. The molecule has 1 aromatic rings. The molecule has 4 heteroatoms. The average Bonchev–Trinajstić information content (AvgIpc) is 2.17. The van der Waals surface area contributed by atoms with Crippen LogP contribution >= 0.6 is 27.7 Å². The average molecular weight is 288 g/mol. The van der Waals surface area contributed by atoms with Gasteiger partial charge in [-0.25, -0.2) is 0 Å². The maximum absolute atomic E-state index is 11.0. The van der Waals surface area contributed by atoms with Crippen LogP contribution in [0.3, 0.4) is 0 Å². The third-order valence-electron chi connectivity index (χ3n) is 1.98. The minimum Gasteiger partial charge on any atom is -0.349 e. The normalized spacial score (nSPS) is 12.2. The van der Waals surface area contributed by atoms with E-state index in [0.717, 1.165) is 15.8 Å². The van der Waals surface area contributed by atoms with Crippen LogP contribution in [0.4, 0.5) is 0 Å². The molecule has 0 spiro atoms. The van der Waals surface area contributed by atoms with Gasteiger partial charge in [-0.2, -0.15) is 11.8 Å². The molecule has 0 aliphatic rings. The third kappa shape index (κ3) is 4.26. The van der Waals surface area contributed by atoms with Crippen molar-refractivity contribution in [2.45, 2.75) is 13.0 Å². The fraction of sp³-hybridized carbons (Fsp3) is 0.364. The molecule has 0 saturated heterocycles. The summed E-state index contributed by atoms with van der Waals surface area (Å²) in [5.41, 5.74) is 1.14. The predicted octanol–water partition coefficient (Wildman–Crippen LogP) is 2.99. The molecule has 0 aliphatic carbocycles. The van der Waals surface area contributed by atoms with Crippen molar-refractivity contribution in [3.63, 3.8) is 0 Å². The van der Waals surface area contributed by atoms with E-state index in [4.69, 9.17) is 0 Å². The summed E-state index contributed by atoms with van der Waals surface area (Å²) < 4.78 is 1.05. The number of rotatable bonds is 4. The molecule has 1 N–H and O–H groups in total. The monoisotopic (exact) mass is 287 g/mol. The summed E-state index contributed by atoms with van der Waals surface area (Å²) >= 11 is 5.12. The van der Waals surface area contributed by atoms with Gasteiger partial charge in [-0.3, -0.25) is 4.79 Å². The number of hydrogen-bond acceptors (Lipinski definition) is 2. The second-order valence-corrected chi connectivity index (χ2v) is 5.09. The standard InChI is InChI=1S/C11H14BrNOS/c1-8(14)13-11(7-15-2)9-3-5-10(12)6-4-9/h3-6,11H,7H2,1-2H3,(H,13,14). The Kier molecular flexibility index (Phi) is 5.19. The highest BCUT2D eigenvalue weighted by Gasteiger charge is 2.11. The Balaban J connectivity index is 2.78. The molecule has 0 aliphatic heterocycles. The van der Waals surface area contributed by atoms with E-state index in [-0.39, 0.29) is 11.9 Å². The SMILES string of the molecule is CSCC(NC(C)=O)c1ccc(Br)cc1. The first-order chi connectivity index (χ1) is 7.13. The van der Waals surface area contributed by atoms with Crippen LogP contribution in [0, 0.1) is 0 Å². The summed E-state index contributed by atoms with van der Waals surface area (Å²) in [6, 6.07) is 8.14. The Morgan fingerprint density at radius 3 is 2.53 bits per heavy atom. The minimum absolute atomic E-state index is 0.0111. The second kappa shape index (κ2) is 6.18. The van der Waals surface area contributed by atoms with Gasteiger partial charge >= 0.3 is 0 Å². The zero-order chi connectivity index (χ0) is 11.3. The lowest BCUT2D eigenvalue weighted by Crippen LogP contribution is -2.27. The second-order valence-electron chi connectivity index (χ2n) is 3.26. The van der Waals surface area contributed by atoms with Crippen LogP contribution in [0.5, 0.6) is 0 Å². The van der Waals surface area contributed by atoms with Crippen molar-refractivity contribution >= 4 is 33.6 Å². The molecule has 0 fully saturated rings. The summed E-state index contributed by atoms with van der Waals surface area (Å²) in [6.07, 6.45) is 2.04. The number of halogens is 1. The molecule has 15 heavy (non-hydrogen) atoms. The minimum atomic E-state index is 0.0111. The Labute approximate surface area is 103 Å². The van der Waals surface area contributed by atoms with Crippen LogP contribution in [0.25, 0.3) is 0 Å². The van der Waals surface area contributed by atoms with Gasteiger partial charge in [-0.05, 0) is 24.0 Å². The van der Waals surface area contributed by atoms with Crippen LogP contribution < -0.4 is 5.32 Å². The first-order valence-electron chi connectivity index (χ1n) is 4.65. The number of benzene rings is 1. The molecule has 1 atom stereocenters. The van der Waals surface area contributed by atoms with Gasteiger partial charge in [0.15, 0.2) is 0 Å². The van der Waals surface area contributed by atoms with Crippen molar-refractivity contribution in [3.8, 4) is 0 Å². The highest BCUT2D eigenvalue weighted by molar-refractivity contribution is 9.10. The number of nitrogens with one attached hydrogen (secondary N) is 1. The first-order valence-corrected chi connectivity index (χ1v) is 6.83. The van der Waals surface area contributed by atoms with Crippen molar-refractivity contribution in [1.82, 2.24) is 5.32 Å². The fourth-order valence-corrected chi connectivity index (χ4v) is 2.20. The van der Waals surface area contributed by atoms with Crippen molar-refractivity contribution < 1.29 is 4.79 Å². The molecule has 0 aromatic heterocycles. The number of carbonyl (C=O) groups is 1. The Morgan fingerprint density at radius 2 is 2.07 bits per heavy atom. The van der Waals surface area contributed by atoms with Crippen LogP contribution in [0.1, 0.15) is 18.5 Å². The maximum Gasteiger partial charge on any atom is 0.217 e. The lowest BCUT2D eigenvalue weighted by atomic mass is 10.1. The molecule has 2 nitrogen and oxygen atoms in total. The van der Waals surface area contributed by atoms with Crippen molar-refractivity contribution in [3.05, 3.63) is 34.3 Å². The van der Waals surface area contributed by atoms with E-state index >= 15 is 0 Å². The molecule has 82 valence electrons. The van der Waals surface area contributed by atoms with E-state index in [1.54, 1.807) is 18.7 Å². The fourth-order valence-electron chi connectivity index (χ4n) is 1.33. The van der Waals surface area contributed by atoms with Crippen LogP contribution in [-0.4, -0.2) is 17.9 Å². The zero-order valence-corrected chi connectivity index (χ0v) is 11.2. The van der Waals surface area contributed by atoms with Gasteiger partial charge in [0, 0.05) is 17.1 Å². The lowest BCUT2D eigenvalue weighted by molar-refractivity contribution is -0.119. The molecule has 1 amide bonds. The topological polar surface area (TPSA) is 29.1 Å². The van der Waals surface area contributed by atoms with Gasteiger partial charge < -0.3 is 5.32 Å². The molecule has 1 aromatic carbocycles. The van der Waals surface area contributed by atoms with E-state index in [1.807, 2.05) is 30.5 Å². The van der Waals surface area contributed by atoms with Gasteiger partial charge in [0.05, 0.1) is 6.04 Å². The van der Waals surface area contributed by atoms with Crippen molar-refractivity contribution in [1.29, 1.82) is 0 Å². The molecule has 1 rings (SSSR count). The molecule has 0 bridgehead atoms. The highest BCUT2D eigenvalue weighted by atomic mass is 79.9. The molecule has 0 heterocycles. The molecule has 1 unspecified atom stereocenters. The predicted molar refractivity (Wildman–Crippen MR) is 69.1 cm³/mol. The lowest BCUT2D eigenvalue weighted by Gasteiger charge is -2.17. The third-order valence-corrected chi connectivity index (χ3v) is 3.18. The van der Waals surface area contributed by atoms with E-state index in [0.29, 0.717) is 0 Å². The quantitative estimate of drug-likeness (QED) is 0.923. The van der Waals surface area contributed by atoms with E-state index in [9.17, 15) is 4.79 Å². The summed E-state index contributed by atoms with van der Waals surface area (Å²) in [4.78, 5) is 11.0. The largest absolute Gasteiger partial charge is 0.349 e. The number of amides is 1. The molecular weight excluding hydrogens is 274 g/mol. The molecular formula is C11H14BrNOS. The van der Waals surface area contributed by atoms with Crippen LogP contribution in [0.15, 0.2) is 28.7 Å². The Bertz CT molecular complexity index is 326. The number of thioether (sulfide) groups is 1. The van der Waals surface area contributed by atoms with E-state index < -0.39 is 0 Å². The van der Waals surface area contributed by atoms with Crippen molar-refractivity contribution in [2.75, 3.05) is 12.0 Å². The first kappa shape index (κ1) is 12.6. The molecule has 0 saturated carbocycles. The van der Waals surface area contributed by atoms with Gasteiger partial charge in [-0.1, -0.05) is 28.1 Å². The van der Waals surface area contributed by atoms with E-state index in [2.05, 4.69) is 21.2 Å². The number of carbonyl (C=O) groups excluding carboxylic acids is 1. The van der Waals surface area contributed by atoms with Gasteiger partial charge in [-0.15, -0.1) is 0 Å². The van der Waals surface area contributed by atoms with Gasteiger partial charge in [0.25, 0.3) is 0 Å². The summed E-state index contributed by atoms with van der Waals surface area (Å²) in [5.74, 6) is 0.901. The van der Waals surface area contributed by atoms with Crippen LogP contribution in [0.2, 0.25) is 0 Å². The van der Waals surface area contributed by atoms with E-state index in [1.165, 1.54) is 0 Å². The Hall–Kier alpha value is -0.480.